The predicted molar refractivity (Wildman–Crippen MR) is 72.5 cm³/mol. The van der Waals surface area contributed by atoms with Crippen LogP contribution < -0.4 is 4.74 Å². The van der Waals surface area contributed by atoms with Gasteiger partial charge in [0.25, 0.3) is 0 Å². The van der Waals surface area contributed by atoms with E-state index in [1.54, 1.807) is 29.6 Å². The van der Waals surface area contributed by atoms with E-state index in [1.807, 2.05) is 13.0 Å². The van der Waals surface area contributed by atoms with Crippen molar-refractivity contribution >= 4 is 17.1 Å². The highest BCUT2D eigenvalue weighted by Crippen LogP contribution is 2.29. The van der Waals surface area contributed by atoms with Gasteiger partial charge in [0.1, 0.15) is 17.4 Å². The third kappa shape index (κ3) is 2.64. The van der Waals surface area contributed by atoms with Gasteiger partial charge in [-0.05, 0) is 13.0 Å². The number of ketones is 1. The molecule has 1 aromatic carbocycles. The van der Waals surface area contributed by atoms with Crippen LogP contribution in [0.3, 0.4) is 0 Å². The van der Waals surface area contributed by atoms with Gasteiger partial charge in [-0.1, -0.05) is 18.2 Å². The number of hydrogen-bond acceptors (Lipinski definition) is 5. The van der Waals surface area contributed by atoms with Gasteiger partial charge < -0.3 is 4.74 Å². The lowest BCUT2D eigenvalue weighted by molar-refractivity contribution is 0.0973. The van der Waals surface area contributed by atoms with Crippen molar-refractivity contribution in [3.8, 4) is 11.8 Å². The first-order valence-corrected chi connectivity index (χ1v) is 6.54. The molecule has 0 spiro atoms. The summed E-state index contributed by atoms with van der Waals surface area (Å²) < 4.78 is 5.20. The van der Waals surface area contributed by atoms with E-state index in [9.17, 15) is 10.1 Å². The number of hydrogen-bond donors (Lipinski definition) is 0. The average Bonchev–Trinajstić information content (AvgIpc) is 2.86. The number of benzene rings is 1. The van der Waals surface area contributed by atoms with Crippen LogP contribution in [0.1, 0.15) is 27.0 Å². The molecule has 2 rings (SSSR count). The van der Waals surface area contributed by atoms with Crippen LogP contribution in [0.2, 0.25) is 0 Å². The van der Waals surface area contributed by atoms with Crippen molar-refractivity contribution in [2.75, 3.05) is 7.11 Å². The smallest absolute Gasteiger partial charge is 0.203 e. The van der Waals surface area contributed by atoms with Gasteiger partial charge in [-0.15, -0.1) is 11.3 Å². The van der Waals surface area contributed by atoms with Crippen LogP contribution in [0.25, 0.3) is 0 Å². The maximum atomic E-state index is 12.3. The van der Waals surface area contributed by atoms with E-state index < -0.39 is 5.92 Å². The molecule has 96 valence electrons. The maximum Gasteiger partial charge on any atom is 0.203 e. The summed E-state index contributed by atoms with van der Waals surface area (Å²) in [7, 11) is 1.52. The average molecular weight is 272 g/mol. The largest absolute Gasteiger partial charge is 0.496 e. The molecule has 0 fully saturated rings. The summed E-state index contributed by atoms with van der Waals surface area (Å²) in [5.41, 5.74) is 0.906. The van der Waals surface area contributed by atoms with Crippen molar-refractivity contribution in [3.63, 3.8) is 0 Å². The van der Waals surface area contributed by atoms with Gasteiger partial charge in [-0.25, -0.2) is 4.98 Å². The quantitative estimate of drug-likeness (QED) is 0.803. The summed E-state index contributed by atoms with van der Waals surface area (Å²) in [6.07, 6.45) is 0. The van der Waals surface area contributed by atoms with Crippen LogP contribution in [0.15, 0.2) is 29.6 Å². The van der Waals surface area contributed by atoms with Crippen LogP contribution in [-0.4, -0.2) is 17.9 Å². The summed E-state index contributed by atoms with van der Waals surface area (Å²) in [6.45, 7) is 1.83. The van der Waals surface area contributed by atoms with Gasteiger partial charge >= 0.3 is 0 Å². The van der Waals surface area contributed by atoms with Crippen molar-refractivity contribution in [1.82, 2.24) is 4.98 Å². The molecule has 0 aliphatic heterocycles. The number of rotatable bonds is 4. The van der Waals surface area contributed by atoms with E-state index in [0.717, 1.165) is 5.01 Å². The molecule has 5 heteroatoms. The third-order valence-electron chi connectivity index (χ3n) is 2.71. The Kier molecular flexibility index (Phi) is 3.93. The van der Waals surface area contributed by atoms with E-state index in [-0.39, 0.29) is 5.78 Å². The zero-order chi connectivity index (χ0) is 13.8. The molecule has 1 heterocycles. The summed E-state index contributed by atoms with van der Waals surface area (Å²) >= 11 is 1.39. The Morgan fingerprint density at radius 1 is 1.47 bits per heavy atom. The molecule has 0 aliphatic rings. The molecular weight excluding hydrogens is 260 g/mol. The molecule has 0 saturated heterocycles. The number of carbonyl (C=O) groups excluding carboxylic acids is 1. The van der Waals surface area contributed by atoms with Gasteiger partial charge in [0.2, 0.25) is 5.78 Å². The van der Waals surface area contributed by atoms with E-state index in [0.29, 0.717) is 17.0 Å². The number of thiazole rings is 1. The highest BCUT2D eigenvalue weighted by Gasteiger charge is 2.26. The molecule has 0 radical (unpaired) electrons. The van der Waals surface area contributed by atoms with Crippen molar-refractivity contribution < 1.29 is 9.53 Å². The monoisotopic (exact) mass is 272 g/mol. The molecule has 0 saturated carbocycles. The van der Waals surface area contributed by atoms with E-state index in [4.69, 9.17) is 4.74 Å². The molecule has 1 aromatic heterocycles. The number of para-hydroxylation sites is 1. The number of nitrogens with zero attached hydrogens (tertiary/aromatic N) is 2. The number of aromatic nitrogens is 1. The Labute approximate surface area is 115 Å². The molecule has 1 atom stereocenters. The van der Waals surface area contributed by atoms with Crippen molar-refractivity contribution in [3.05, 3.63) is 45.9 Å². The number of aryl methyl sites for hydroxylation is 1. The van der Waals surface area contributed by atoms with Gasteiger partial charge in [0, 0.05) is 10.9 Å². The number of nitriles is 1. The van der Waals surface area contributed by atoms with E-state index in [1.165, 1.54) is 18.4 Å². The minimum absolute atomic E-state index is 0.295. The molecule has 0 amide bonds. The second-order valence-electron chi connectivity index (χ2n) is 3.92. The molecule has 1 unspecified atom stereocenters. The fraction of sp³-hybridized carbons (Fsp3) is 0.214. The first-order valence-electron chi connectivity index (χ1n) is 5.66. The number of carbonyl (C=O) groups is 1. The zero-order valence-corrected chi connectivity index (χ0v) is 11.4. The zero-order valence-electron chi connectivity index (χ0n) is 10.6. The van der Waals surface area contributed by atoms with Crippen LogP contribution in [-0.2, 0) is 0 Å². The minimum atomic E-state index is -0.891. The summed E-state index contributed by atoms with van der Waals surface area (Å²) in [5.74, 6) is -0.650. The summed E-state index contributed by atoms with van der Waals surface area (Å²) in [6, 6.07) is 9.08. The molecule has 0 N–H and O–H groups in total. The second kappa shape index (κ2) is 5.63. The van der Waals surface area contributed by atoms with Crippen molar-refractivity contribution in [2.45, 2.75) is 12.8 Å². The number of Topliss-reactive ketones (excluding diaryl/α,β-unsaturated/α-hetero) is 1. The van der Waals surface area contributed by atoms with Crippen LogP contribution in [0.4, 0.5) is 0 Å². The van der Waals surface area contributed by atoms with E-state index >= 15 is 0 Å². The molecule has 4 nitrogen and oxygen atoms in total. The molecular formula is C14H12N2O2S. The van der Waals surface area contributed by atoms with Gasteiger partial charge in [0.05, 0.1) is 18.2 Å². The van der Waals surface area contributed by atoms with Crippen molar-refractivity contribution in [1.29, 1.82) is 5.26 Å². The number of methoxy groups -OCH3 is 1. The lowest BCUT2D eigenvalue weighted by Crippen LogP contribution is -2.12. The topological polar surface area (TPSA) is 63.0 Å². The minimum Gasteiger partial charge on any atom is -0.496 e. The highest BCUT2D eigenvalue weighted by molar-refractivity contribution is 7.09. The van der Waals surface area contributed by atoms with Crippen LogP contribution in [0.5, 0.6) is 5.75 Å². The SMILES string of the molecule is COc1ccccc1C(C#N)C(=O)c1csc(C)n1. The molecule has 2 aromatic rings. The van der Waals surface area contributed by atoms with Gasteiger partial charge in [-0.3, -0.25) is 4.79 Å². The Bertz CT molecular complexity index is 643. The Balaban J connectivity index is 2.40. The van der Waals surface area contributed by atoms with E-state index in [2.05, 4.69) is 4.98 Å². The van der Waals surface area contributed by atoms with Crippen molar-refractivity contribution in [2.24, 2.45) is 0 Å². The highest BCUT2D eigenvalue weighted by atomic mass is 32.1. The van der Waals surface area contributed by atoms with Gasteiger partial charge in [-0.2, -0.15) is 5.26 Å². The first kappa shape index (κ1) is 13.2. The van der Waals surface area contributed by atoms with Crippen LogP contribution >= 0.6 is 11.3 Å². The fourth-order valence-electron chi connectivity index (χ4n) is 1.80. The first-order chi connectivity index (χ1) is 9.17. The lowest BCUT2D eigenvalue weighted by atomic mass is 9.94. The fourth-order valence-corrected chi connectivity index (χ4v) is 2.40. The standard InChI is InChI=1S/C14H12N2O2S/c1-9-16-12(8-19-9)14(17)11(7-15)10-5-3-4-6-13(10)18-2/h3-6,8,11H,1-2H3. The van der Waals surface area contributed by atoms with Gasteiger partial charge in [0.15, 0.2) is 0 Å². The molecule has 19 heavy (non-hydrogen) atoms. The molecule has 0 aliphatic carbocycles. The third-order valence-corrected chi connectivity index (χ3v) is 3.49. The van der Waals surface area contributed by atoms with Crippen LogP contribution in [0, 0.1) is 18.3 Å². The predicted octanol–water partition coefficient (Wildman–Crippen LogP) is 2.95. The lowest BCUT2D eigenvalue weighted by Gasteiger charge is -2.11. The Morgan fingerprint density at radius 2 is 2.21 bits per heavy atom. The molecule has 0 bridgehead atoms. The Morgan fingerprint density at radius 3 is 2.79 bits per heavy atom. The number of ether oxygens (including phenoxy) is 1. The summed E-state index contributed by atoms with van der Waals surface area (Å²) in [5, 5.41) is 11.8. The maximum absolute atomic E-state index is 12.3. The summed E-state index contributed by atoms with van der Waals surface area (Å²) in [4.78, 5) is 16.5. The Hall–Kier alpha value is -2.19. The normalized spacial score (nSPS) is 11.6. The second-order valence-corrected chi connectivity index (χ2v) is 4.98.